The predicted octanol–water partition coefficient (Wildman–Crippen LogP) is 18.5. The van der Waals surface area contributed by atoms with Crippen molar-refractivity contribution in [2.75, 3.05) is 26.4 Å². The molecule has 0 saturated carbocycles. The highest BCUT2D eigenvalue weighted by molar-refractivity contribution is 7.47. The van der Waals surface area contributed by atoms with Gasteiger partial charge in [0.1, 0.15) is 12.7 Å². The summed E-state index contributed by atoms with van der Waals surface area (Å²) >= 11 is 0. The number of carbonyl (C=O) groups excluding carboxylic acids is 3. The van der Waals surface area contributed by atoms with E-state index in [4.69, 9.17) is 23.3 Å². The minimum absolute atomic E-state index is 0.148. The summed E-state index contributed by atoms with van der Waals surface area (Å²) in [5.74, 6) is -1.53. The molecule has 11 nitrogen and oxygen atoms in total. The number of rotatable bonds is 57. The number of phosphoric acid groups is 1. The summed E-state index contributed by atoms with van der Waals surface area (Å²) in [7, 11) is -4.76. The zero-order valence-electron chi connectivity index (χ0n) is 48.7. The van der Waals surface area contributed by atoms with Gasteiger partial charge in [0, 0.05) is 19.3 Å². The Balaban J connectivity index is 4.77. The van der Waals surface area contributed by atoms with Gasteiger partial charge in [0.05, 0.1) is 19.8 Å². The average molecular weight is 1090 g/mol. The Morgan fingerprint density at radius 1 is 0.382 bits per heavy atom. The van der Waals surface area contributed by atoms with Gasteiger partial charge >= 0.3 is 25.7 Å². The lowest BCUT2D eigenvalue weighted by atomic mass is 10.0. The summed E-state index contributed by atoms with van der Waals surface area (Å²) in [6.45, 7) is 4.48. The van der Waals surface area contributed by atoms with E-state index in [-0.39, 0.29) is 25.9 Å². The SMILES string of the molecule is CC/C=C\C/C=C\C/C=C\C/C=C\C/C=C\CCCC(=O)OCC(COP(=O)(O)OCC(CO)OC(=O)CCCCCCC/C=C\CCCCCC)OC(=O)CCCCCCCCCCCCCCCCCCCCC. The predicted molar refractivity (Wildman–Crippen MR) is 316 cm³/mol. The van der Waals surface area contributed by atoms with Crippen LogP contribution in [0.2, 0.25) is 0 Å². The van der Waals surface area contributed by atoms with Crippen LogP contribution >= 0.6 is 7.82 Å². The quantitative estimate of drug-likeness (QED) is 0.0197. The Labute approximate surface area is 465 Å². The van der Waals surface area contributed by atoms with Crippen molar-refractivity contribution in [2.45, 2.75) is 290 Å². The van der Waals surface area contributed by atoms with Crippen molar-refractivity contribution >= 4 is 25.7 Å². The Morgan fingerprint density at radius 2 is 0.697 bits per heavy atom. The molecule has 0 aromatic rings. The average Bonchev–Trinajstić information content (AvgIpc) is 3.41. The first kappa shape index (κ1) is 72.9. The number of phosphoric ester groups is 1. The molecule has 0 aromatic carbocycles. The highest BCUT2D eigenvalue weighted by atomic mass is 31.2. The molecule has 76 heavy (non-hydrogen) atoms. The molecule has 12 heteroatoms. The molecule has 440 valence electrons. The van der Waals surface area contributed by atoms with Crippen LogP contribution in [0.3, 0.4) is 0 Å². The van der Waals surface area contributed by atoms with Crippen LogP contribution < -0.4 is 0 Å². The lowest BCUT2D eigenvalue weighted by Crippen LogP contribution is -2.30. The van der Waals surface area contributed by atoms with Crippen LogP contribution in [0, 0.1) is 0 Å². The van der Waals surface area contributed by atoms with Gasteiger partial charge in [-0.3, -0.25) is 23.4 Å². The van der Waals surface area contributed by atoms with E-state index in [2.05, 4.69) is 87.6 Å². The molecule has 0 rings (SSSR count). The second kappa shape index (κ2) is 58.1. The van der Waals surface area contributed by atoms with Crippen molar-refractivity contribution in [3.63, 3.8) is 0 Å². The first-order chi connectivity index (χ1) is 37.2. The Bertz CT molecular complexity index is 1550. The van der Waals surface area contributed by atoms with Crippen LogP contribution in [0.4, 0.5) is 0 Å². The molecule has 3 atom stereocenters. The van der Waals surface area contributed by atoms with Gasteiger partial charge in [-0.15, -0.1) is 0 Å². The fourth-order valence-corrected chi connectivity index (χ4v) is 9.23. The molecule has 0 fully saturated rings. The Hall–Kier alpha value is -3.08. The van der Waals surface area contributed by atoms with Crippen LogP contribution in [-0.4, -0.2) is 66.5 Å². The van der Waals surface area contributed by atoms with Crippen LogP contribution in [0.1, 0.15) is 278 Å². The molecule has 0 aromatic heterocycles. The van der Waals surface area contributed by atoms with E-state index in [1.807, 2.05) is 6.08 Å². The Kier molecular flexibility index (Phi) is 55.7. The number of hydrogen-bond donors (Lipinski definition) is 2. The number of carbonyl (C=O) groups is 3. The van der Waals surface area contributed by atoms with Gasteiger partial charge in [-0.05, 0) is 83.5 Å². The van der Waals surface area contributed by atoms with Crippen molar-refractivity contribution in [3.8, 4) is 0 Å². The van der Waals surface area contributed by atoms with Crippen molar-refractivity contribution in [3.05, 3.63) is 72.9 Å². The van der Waals surface area contributed by atoms with E-state index in [1.165, 1.54) is 122 Å². The highest BCUT2D eigenvalue weighted by Crippen LogP contribution is 2.43. The van der Waals surface area contributed by atoms with E-state index in [0.717, 1.165) is 89.9 Å². The Morgan fingerprint density at radius 3 is 1.12 bits per heavy atom. The topological polar surface area (TPSA) is 155 Å². The smallest absolute Gasteiger partial charge is 0.462 e. The van der Waals surface area contributed by atoms with Gasteiger partial charge in [0.2, 0.25) is 0 Å². The molecule has 0 aliphatic heterocycles. The number of unbranched alkanes of at least 4 members (excludes halogenated alkanes) is 28. The van der Waals surface area contributed by atoms with Gasteiger partial charge in [-0.25, -0.2) is 4.57 Å². The van der Waals surface area contributed by atoms with Crippen molar-refractivity contribution < 1.29 is 52.2 Å². The number of allylic oxidation sites excluding steroid dienone is 12. The molecule has 0 aliphatic rings. The summed E-state index contributed by atoms with van der Waals surface area (Å²) in [5.41, 5.74) is 0. The standard InChI is InChI=1S/C64H113O11P/c1-4-7-10-13-16-19-22-25-27-29-30-32-34-37-40-43-46-49-52-55-64(68)75-61(57-71-62(66)53-50-47-44-41-38-36-33-31-28-26-23-20-17-14-11-8-5-2)59-73-76(69,70)72-58-60(56-65)74-63(67)54-51-48-45-42-39-35-24-21-18-15-12-9-6-3/h8,11,17,20-21,24,26,28,33,36,41,44,60-61,65H,4-7,9-10,12-16,18-19,22-23,25,27,29-32,34-35,37-40,42-43,45-59H2,1-3H3,(H,69,70)/b11-8-,20-17-,24-21-,28-26-,36-33-,44-41-. The zero-order chi connectivity index (χ0) is 55.5. The molecule has 3 unspecified atom stereocenters. The van der Waals surface area contributed by atoms with E-state index >= 15 is 0 Å². The molecule has 0 bridgehead atoms. The molecule has 0 radical (unpaired) electrons. The second-order valence-electron chi connectivity index (χ2n) is 20.5. The number of ether oxygens (including phenoxy) is 3. The van der Waals surface area contributed by atoms with Crippen LogP contribution in [0.5, 0.6) is 0 Å². The largest absolute Gasteiger partial charge is 0.472 e. The third-order valence-corrected chi connectivity index (χ3v) is 14.1. The normalized spacial score (nSPS) is 13.8. The first-order valence-corrected chi connectivity index (χ1v) is 32.3. The van der Waals surface area contributed by atoms with Crippen LogP contribution in [0.25, 0.3) is 0 Å². The summed E-state index contributed by atoms with van der Waals surface area (Å²) in [6, 6.07) is 0. The second-order valence-corrected chi connectivity index (χ2v) is 21.9. The summed E-state index contributed by atoms with van der Waals surface area (Å²) < 4.78 is 39.5. The third-order valence-electron chi connectivity index (χ3n) is 13.1. The highest BCUT2D eigenvalue weighted by Gasteiger charge is 2.28. The fourth-order valence-electron chi connectivity index (χ4n) is 8.45. The van der Waals surface area contributed by atoms with Gasteiger partial charge in [0.15, 0.2) is 6.10 Å². The zero-order valence-corrected chi connectivity index (χ0v) is 49.6. The minimum Gasteiger partial charge on any atom is -0.462 e. The van der Waals surface area contributed by atoms with Crippen molar-refractivity contribution in [1.29, 1.82) is 0 Å². The monoisotopic (exact) mass is 1090 g/mol. The van der Waals surface area contributed by atoms with E-state index in [0.29, 0.717) is 25.7 Å². The van der Waals surface area contributed by atoms with Gasteiger partial charge in [-0.1, -0.05) is 248 Å². The summed E-state index contributed by atoms with van der Waals surface area (Å²) in [4.78, 5) is 48.6. The number of aliphatic hydroxyl groups is 1. The molecule has 0 heterocycles. The van der Waals surface area contributed by atoms with Crippen LogP contribution in [-0.2, 0) is 42.2 Å². The van der Waals surface area contributed by atoms with E-state index in [9.17, 15) is 28.9 Å². The molecule has 0 saturated heterocycles. The maximum absolute atomic E-state index is 12.9. The van der Waals surface area contributed by atoms with Crippen molar-refractivity contribution in [1.82, 2.24) is 0 Å². The molecular weight excluding hydrogens is 976 g/mol. The van der Waals surface area contributed by atoms with Crippen molar-refractivity contribution in [2.24, 2.45) is 0 Å². The summed E-state index contributed by atoms with van der Waals surface area (Å²) in [5, 5.41) is 9.82. The molecular formula is C64H113O11P. The lowest BCUT2D eigenvalue weighted by Gasteiger charge is -2.21. The van der Waals surface area contributed by atoms with Gasteiger partial charge < -0.3 is 24.2 Å². The molecule has 0 aliphatic carbocycles. The van der Waals surface area contributed by atoms with E-state index in [1.54, 1.807) is 0 Å². The number of hydrogen-bond acceptors (Lipinski definition) is 10. The molecule has 2 N–H and O–H groups in total. The number of esters is 3. The maximum atomic E-state index is 12.9. The van der Waals surface area contributed by atoms with E-state index < -0.39 is 57.8 Å². The molecule has 0 amide bonds. The van der Waals surface area contributed by atoms with Gasteiger partial charge in [0.25, 0.3) is 0 Å². The van der Waals surface area contributed by atoms with Crippen LogP contribution in [0.15, 0.2) is 72.9 Å². The molecule has 0 spiro atoms. The van der Waals surface area contributed by atoms with Gasteiger partial charge in [-0.2, -0.15) is 0 Å². The fraction of sp³-hybridized carbons (Fsp3) is 0.766. The number of aliphatic hydroxyl groups excluding tert-OH is 1. The first-order valence-electron chi connectivity index (χ1n) is 30.8. The minimum atomic E-state index is -4.76. The maximum Gasteiger partial charge on any atom is 0.472 e. The lowest BCUT2D eigenvalue weighted by molar-refractivity contribution is -0.161. The third kappa shape index (κ3) is 55.7. The summed E-state index contributed by atoms with van der Waals surface area (Å²) in [6.07, 6.45) is 65.8.